The fourth-order valence-electron chi connectivity index (χ4n) is 2.54. The Hall–Kier alpha value is -1.96. The molecule has 2 aromatic rings. The van der Waals surface area contributed by atoms with Crippen molar-refractivity contribution in [2.24, 2.45) is 0 Å². The summed E-state index contributed by atoms with van der Waals surface area (Å²) in [5, 5.41) is 0. The number of rotatable bonds is 6. The Morgan fingerprint density at radius 1 is 1.08 bits per heavy atom. The lowest BCUT2D eigenvalue weighted by atomic mass is 9.97. The smallest absolute Gasteiger partial charge is 0.375 e. The average Bonchev–Trinajstić information content (AvgIpc) is 3.05. The Kier molecular flexibility index (Phi) is 5.58. The van der Waals surface area contributed by atoms with Gasteiger partial charge in [0.25, 0.3) is 5.78 Å². The van der Waals surface area contributed by atoms with Gasteiger partial charge in [-0.25, -0.2) is 4.79 Å². The van der Waals surface area contributed by atoms with Gasteiger partial charge in [-0.15, -0.1) is 0 Å². The summed E-state index contributed by atoms with van der Waals surface area (Å²) in [5.41, 5.74) is 2.67. The van der Waals surface area contributed by atoms with Gasteiger partial charge >= 0.3 is 11.8 Å². The van der Waals surface area contributed by atoms with E-state index in [0.717, 1.165) is 22.7 Å². The molecular formula is C17H18BrNO5. The largest absolute Gasteiger partial charge is 0.465 e. The topological polar surface area (TPSA) is 77.6 Å². The summed E-state index contributed by atoms with van der Waals surface area (Å²) < 4.78 is 15.8. The number of ether oxygens (including phenoxy) is 3. The number of aromatic nitrogens is 1. The van der Waals surface area contributed by atoms with Crippen molar-refractivity contribution in [1.29, 1.82) is 0 Å². The van der Waals surface area contributed by atoms with Crippen LogP contribution in [-0.2, 0) is 19.0 Å². The third-order valence-corrected chi connectivity index (χ3v) is 4.27. The highest BCUT2D eigenvalue weighted by Gasteiger charge is 2.50. The van der Waals surface area contributed by atoms with Crippen LogP contribution in [0.2, 0.25) is 0 Å². The van der Waals surface area contributed by atoms with Gasteiger partial charge in [-0.3, -0.25) is 4.79 Å². The van der Waals surface area contributed by atoms with E-state index in [1.54, 1.807) is 12.3 Å². The maximum Gasteiger partial charge on any atom is 0.375 e. The molecule has 24 heavy (non-hydrogen) atoms. The van der Waals surface area contributed by atoms with E-state index >= 15 is 0 Å². The van der Waals surface area contributed by atoms with Crippen LogP contribution in [0.3, 0.4) is 0 Å². The van der Waals surface area contributed by atoms with Crippen molar-refractivity contribution in [2.45, 2.75) is 12.7 Å². The number of ketones is 1. The molecule has 0 aliphatic heterocycles. The van der Waals surface area contributed by atoms with Gasteiger partial charge in [-0.05, 0) is 36.2 Å². The summed E-state index contributed by atoms with van der Waals surface area (Å²) in [6.45, 7) is 1.93. The zero-order valence-electron chi connectivity index (χ0n) is 13.8. The molecule has 1 aromatic heterocycles. The number of esters is 1. The number of methoxy groups -OCH3 is 3. The summed E-state index contributed by atoms with van der Waals surface area (Å²) in [6, 6.07) is 7.47. The summed E-state index contributed by atoms with van der Waals surface area (Å²) in [6.07, 6.45) is 1.62. The molecule has 2 rings (SSSR count). The molecule has 0 radical (unpaired) electrons. The molecule has 0 aliphatic rings. The highest BCUT2D eigenvalue weighted by molar-refractivity contribution is 9.10. The van der Waals surface area contributed by atoms with E-state index in [1.807, 2.05) is 25.1 Å². The monoisotopic (exact) mass is 395 g/mol. The maximum atomic E-state index is 13.0. The summed E-state index contributed by atoms with van der Waals surface area (Å²) in [7, 11) is 3.59. The van der Waals surface area contributed by atoms with Gasteiger partial charge in [0.1, 0.15) is 0 Å². The third-order valence-electron chi connectivity index (χ3n) is 3.78. The molecule has 0 amide bonds. The molecule has 0 bridgehead atoms. The van der Waals surface area contributed by atoms with Crippen LogP contribution in [0.15, 0.2) is 34.9 Å². The van der Waals surface area contributed by atoms with Crippen LogP contribution in [0.4, 0.5) is 0 Å². The lowest BCUT2D eigenvalue weighted by Crippen LogP contribution is -2.51. The van der Waals surface area contributed by atoms with Gasteiger partial charge < -0.3 is 19.2 Å². The number of carbonyl (C=O) groups excluding carboxylic acids is 2. The van der Waals surface area contributed by atoms with Gasteiger partial charge in [0.05, 0.1) is 12.8 Å². The van der Waals surface area contributed by atoms with Gasteiger partial charge in [-0.1, -0.05) is 22.0 Å². The van der Waals surface area contributed by atoms with Crippen molar-refractivity contribution < 1.29 is 23.8 Å². The minimum Gasteiger partial charge on any atom is -0.465 e. The number of H-pyrrole nitrogens is 1. The molecule has 1 N–H and O–H groups in total. The number of nitrogens with one attached hydrogen (secondary N) is 1. The molecule has 0 saturated carbocycles. The van der Waals surface area contributed by atoms with Crippen molar-refractivity contribution in [3.63, 3.8) is 0 Å². The second-order valence-electron chi connectivity index (χ2n) is 5.07. The number of aromatic amines is 1. The van der Waals surface area contributed by atoms with E-state index in [2.05, 4.69) is 25.7 Å². The normalized spacial score (nSPS) is 11.4. The number of carbonyl (C=O) groups is 2. The van der Waals surface area contributed by atoms with Crippen LogP contribution in [0, 0.1) is 6.92 Å². The Labute approximate surface area is 148 Å². The Morgan fingerprint density at radius 2 is 1.75 bits per heavy atom. The van der Waals surface area contributed by atoms with Crippen LogP contribution < -0.4 is 0 Å². The van der Waals surface area contributed by atoms with Crippen molar-refractivity contribution in [3.8, 4) is 11.1 Å². The van der Waals surface area contributed by atoms with Crippen LogP contribution >= 0.6 is 15.9 Å². The fraction of sp³-hybridized carbons (Fsp3) is 0.294. The van der Waals surface area contributed by atoms with Crippen LogP contribution in [0.5, 0.6) is 0 Å². The molecule has 0 fully saturated rings. The molecule has 0 unspecified atom stereocenters. The maximum absolute atomic E-state index is 13.0. The van der Waals surface area contributed by atoms with E-state index in [9.17, 15) is 9.59 Å². The molecule has 7 heteroatoms. The first-order chi connectivity index (χ1) is 11.4. The summed E-state index contributed by atoms with van der Waals surface area (Å²) in [5.74, 6) is -3.75. The lowest BCUT2D eigenvalue weighted by molar-refractivity contribution is -0.206. The van der Waals surface area contributed by atoms with Crippen LogP contribution in [0.1, 0.15) is 16.1 Å². The van der Waals surface area contributed by atoms with E-state index in [-0.39, 0.29) is 5.69 Å². The van der Waals surface area contributed by atoms with Gasteiger partial charge in [0.2, 0.25) is 0 Å². The number of hydrogen-bond donors (Lipinski definition) is 1. The van der Waals surface area contributed by atoms with Crippen LogP contribution in [-0.4, -0.2) is 43.9 Å². The number of aryl methyl sites for hydroxylation is 1. The molecule has 6 nitrogen and oxygen atoms in total. The summed E-state index contributed by atoms with van der Waals surface area (Å²) in [4.78, 5) is 27.9. The number of Topliss-reactive ketones (excluding diaryl/α,β-unsaturated/α-hetero) is 1. The first-order valence-electron chi connectivity index (χ1n) is 7.08. The van der Waals surface area contributed by atoms with Crippen molar-refractivity contribution >= 4 is 27.7 Å². The zero-order valence-corrected chi connectivity index (χ0v) is 15.4. The van der Waals surface area contributed by atoms with E-state index in [4.69, 9.17) is 9.47 Å². The van der Waals surface area contributed by atoms with E-state index in [0.29, 0.717) is 5.56 Å². The van der Waals surface area contributed by atoms with Crippen LogP contribution in [0.25, 0.3) is 11.1 Å². The van der Waals surface area contributed by atoms with Crippen molar-refractivity contribution in [3.05, 3.63) is 46.2 Å². The minimum absolute atomic E-state index is 0.203. The Bertz CT molecular complexity index is 764. The van der Waals surface area contributed by atoms with Gasteiger partial charge in [-0.2, -0.15) is 0 Å². The minimum atomic E-state index is -2.16. The average molecular weight is 396 g/mol. The SMILES string of the molecule is COC(=O)C(OC)(OC)C(=O)c1[nH]ccc1-c1ccc(Br)cc1C. The molecule has 0 saturated heterocycles. The number of halogens is 1. The molecule has 1 aromatic carbocycles. The molecule has 0 aliphatic carbocycles. The quantitative estimate of drug-likeness (QED) is 0.352. The molecule has 0 atom stereocenters. The fourth-order valence-corrected chi connectivity index (χ4v) is 3.01. The molecule has 1 heterocycles. The first kappa shape index (κ1) is 18.4. The molecule has 0 spiro atoms. The Balaban J connectivity index is 2.56. The lowest BCUT2D eigenvalue weighted by Gasteiger charge is -2.26. The second kappa shape index (κ2) is 7.29. The predicted molar refractivity (Wildman–Crippen MR) is 91.8 cm³/mol. The second-order valence-corrected chi connectivity index (χ2v) is 5.99. The third kappa shape index (κ3) is 3.02. The first-order valence-corrected chi connectivity index (χ1v) is 7.88. The predicted octanol–water partition coefficient (Wildman–Crippen LogP) is 3.10. The van der Waals surface area contributed by atoms with Gasteiger partial charge in [0, 0.05) is 30.5 Å². The molecular weight excluding hydrogens is 378 g/mol. The number of hydrogen-bond acceptors (Lipinski definition) is 5. The van der Waals surface area contributed by atoms with Crippen molar-refractivity contribution in [1.82, 2.24) is 4.98 Å². The van der Waals surface area contributed by atoms with E-state index < -0.39 is 17.5 Å². The van der Waals surface area contributed by atoms with Gasteiger partial charge in [0.15, 0.2) is 0 Å². The molecule has 128 valence electrons. The van der Waals surface area contributed by atoms with E-state index in [1.165, 1.54) is 14.2 Å². The summed E-state index contributed by atoms with van der Waals surface area (Å²) >= 11 is 3.41. The number of benzene rings is 1. The highest BCUT2D eigenvalue weighted by atomic mass is 79.9. The highest BCUT2D eigenvalue weighted by Crippen LogP contribution is 2.31. The zero-order chi connectivity index (χ0) is 17.9. The Morgan fingerprint density at radius 3 is 2.29 bits per heavy atom. The van der Waals surface area contributed by atoms with Crippen molar-refractivity contribution in [2.75, 3.05) is 21.3 Å². The standard InChI is InChI=1S/C17H18BrNO5/c1-10-9-11(18)5-6-12(10)13-7-8-19-14(13)15(20)17(23-3,24-4)16(21)22-2/h5-9,19H,1-4H3.